The van der Waals surface area contributed by atoms with Gasteiger partial charge in [0.05, 0.1) is 0 Å². The summed E-state index contributed by atoms with van der Waals surface area (Å²) in [4.78, 5) is 4.28. The predicted molar refractivity (Wildman–Crippen MR) is 61.9 cm³/mol. The van der Waals surface area contributed by atoms with Crippen molar-refractivity contribution in [3.05, 3.63) is 53.9 Å². The average molecular weight is 196 g/mol. The average Bonchev–Trinajstić information content (AvgIpc) is 2.82. The van der Waals surface area contributed by atoms with Crippen LogP contribution in [0.2, 0.25) is 0 Å². The van der Waals surface area contributed by atoms with Gasteiger partial charge in [-0.15, -0.1) is 0 Å². The minimum atomic E-state index is 0.919. The number of nitrogens with zero attached hydrogens (tertiary/aromatic N) is 2. The molecule has 1 aliphatic rings. The van der Waals surface area contributed by atoms with Crippen LogP contribution in [0.3, 0.4) is 0 Å². The van der Waals surface area contributed by atoms with E-state index in [1.807, 2.05) is 18.3 Å². The monoisotopic (exact) mass is 196 g/mol. The molecular formula is C13H12N2. The quantitative estimate of drug-likeness (QED) is 0.666. The van der Waals surface area contributed by atoms with E-state index in [4.69, 9.17) is 0 Å². The fourth-order valence-corrected chi connectivity index (χ4v) is 1.95. The van der Waals surface area contributed by atoms with Gasteiger partial charge >= 0.3 is 0 Å². The molecule has 0 atom stereocenters. The molecular weight excluding hydrogens is 184 g/mol. The number of hydrogen-bond donors (Lipinski definition) is 0. The summed E-state index contributed by atoms with van der Waals surface area (Å²) in [5.74, 6) is 0. The van der Waals surface area contributed by atoms with Gasteiger partial charge in [-0.25, -0.2) is 0 Å². The van der Waals surface area contributed by atoms with Crippen LogP contribution in [-0.4, -0.2) is 17.3 Å². The first-order valence-corrected chi connectivity index (χ1v) is 5.19. The van der Waals surface area contributed by atoms with Gasteiger partial charge in [0.25, 0.3) is 0 Å². The van der Waals surface area contributed by atoms with E-state index in [9.17, 15) is 0 Å². The van der Waals surface area contributed by atoms with Gasteiger partial charge in [0, 0.05) is 30.8 Å². The number of aliphatic imine (C=N–C) groups is 1. The number of fused-ring (bicyclic) bond motifs is 1. The van der Waals surface area contributed by atoms with Crippen molar-refractivity contribution < 1.29 is 0 Å². The molecule has 1 aromatic carbocycles. The molecule has 0 spiro atoms. The molecule has 0 saturated carbocycles. The molecule has 2 heteroatoms. The summed E-state index contributed by atoms with van der Waals surface area (Å²) in [5.41, 5.74) is 3.89. The van der Waals surface area contributed by atoms with Crippen LogP contribution in [-0.2, 0) is 6.42 Å². The van der Waals surface area contributed by atoms with Crippen molar-refractivity contribution in [1.29, 1.82) is 0 Å². The Labute approximate surface area is 88.9 Å². The lowest BCUT2D eigenvalue weighted by atomic mass is 10.0. The van der Waals surface area contributed by atoms with E-state index in [0.29, 0.717) is 0 Å². The summed E-state index contributed by atoms with van der Waals surface area (Å²) in [6.07, 6.45) is 7.16. The van der Waals surface area contributed by atoms with Crippen molar-refractivity contribution in [3.63, 3.8) is 0 Å². The Balaban J connectivity index is 2.09. The summed E-state index contributed by atoms with van der Waals surface area (Å²) < 4.78 is 2.13. The van der Waals surface area contributed by atoms with E-state index >= 15 is 0 Å². The van der Waals surface area contributed by atoms with E-state index in [-0.39, 0.29) is 0 Å². The molecule has 1 aromatic heterocycles. The maximum atomic E-state index is 4.28. The summed E-state index contributed by atoms with van der Waals surface area (Å²) in [6.45, 7) is 0.919. The van der Waals surface area contributed by atoms with Crippen molar-refractivity contribution in [2.24, 2.45) is 4.99 Å². The molecule has 2 aromatic rings. The molecule has 0 aliphatic carbocycles. The van der Waals surface area contributed by atoms with Gasteiger partial charge < -0.3 is 4.57 Å². The topological polar surface area (TPSA) is 17.3 Å². The minimum absolute atomic E-state index is 0.919. The molecule has 3 rings (SSSR count). The lowest BCUT2D eigenvalue weighted by Gasteiger charge is -2.12. The minimum Gasteiger partial charge on any atom is -0.324 e. The van der Waals surface area contributed by atoms with E-state index < -0.39 is 0 Å². The Morgan fingerprint density at radius 2 is 2.00 bits per heavy atom. The van der Waals surface area contributed by atoms with Crippen molar-refractivity contribution in [2.75, 3.05) is 6.54 Å². The number of rotatable bonds is 1. The maximum absolute atomic E-state index is 4.28. The highest BCUT2D eigenvalue weighted by Gasteiger charge is 2.06. The third kappa shape index (κ3) is 1.48. The Bertz CT molecular complexity index is 495. The second-order valence-electron chi connectivity index (χ2n) is 3.76. The molecule has 2 nitrogen and oxygen atoms in total. The zero-order valence-corrected chi connectivity index (χ0v) is 8.43. The zero-order valence-electron chi connectivity index (χ0n) is 8.43. The molecule has 0 radical (unpaired) electrons. The van der Waals surface area contributed by atoms with Gasteiger partial charge in [-0.3, -0.25) is 4.99 Å². The van der Waals surface area contributed by atoms with Gasteiger partial charge in [-0.05, 0) is 41.8 Å². The van der Waals surface area contributed by atoms with E-state index in [0.717, 1.165) is 13.0 Å². The van der Waals surface area contributed by atoms with Gasteiger partial charge in [-0.1, -0.05) is 6.07 Å². The summed E-state index contributed by atoms with van der Waals surface area (Å²) in [5, 5.41) is 0. The maximum Gasteiger partial charge on any atom is 0.0452 e. The molecule has 0 bridgehead atoms. The van der Waals surface area contributed by atoms with Gasteiger partial charge in [0.2, 0.25) is 0 Å². The number of hydrogen-bond acceptors (Lipinski definition) is 1. The van der Waals surface area contributed by atoms with Crippen molar-refractivity contribution in [3.8, 4) is 5.69 Å². The normalized spacial score (nSPS) is 13.9. The fourth-order valence-electron chi connectivity index (χ4n) is 1.95. The lowest BCUT2D eigenvalue weighted by molar-refractivity contribution is 0.945. The van der Waals surface area contributed by atoms with Crippen LogP contribution in [0.1, 0.15) is 11.1 Å². The Morgan fingerprint density at radius 1 is 1.13 bits per heavy atom. The van der Waals surface area contributed by atoms with E-state index in [1.54, 1.807) is 0 Å². The molecule has 2 heterocycles. The SMILES string of the molecule is C1=NCCc2cc(-n3cccc3)ccc21. The van der Waals surface area contributed by atoms with Gasteiger partial charge in [0.1, 0.15) is 0 Å². The number of benzene rings is 1. The predicted octanol–water partition coefficient (Wildman–Crippen LogP) is 2.45. The van der Waals surface area contributed by atoms with Crippen LogP contribution in [0.4, 0.5) is 0 Å². The second kappa shape index (κ2) is 3.39. The van der Waals surface area contributed by atoms with Gasteiger partial charge in [0.15, 0.2) is 0 Å². The highest BCUT2D eigenvalue weighted by Crippen LogP contribution is 2.17. The number of aromatic nitrogens is 1. The third-order valence-corrected chi connectivity index (χ3v) is 2.77. The zero-order chi connectivity index (χ0) is 10.1. The summed E-state index contributed by atoms with van der Waals surface area (Å²) >= 11 is 0. The Kier molecular flexibility index (Phi) is 1.91. The molecule has 0 unspecified atom stereocenters. The highest BCUT2D eigenvalue weighted by atomic mass is 14.9. The van der Waals surface area contributed by atoms with E-state index in [1.165, 1.54) is 16.8 Å². The van der Waals surface area contributed by atoms with Crippen LogP contribution >= 0.6 is 0 Å². The first-order chi connectivity index (χ1) is 7.43. The molecule has 15 heavy (non-hydrogen) atoms. The summed E-state index contributed by atoms with van der Waals surface area (Å²) in [6, 6.07) is 10.6. The molecule has 74 valence electrons. The highest BCUT2D eigenvalue weighted by molar-refractivity contribution is 5.83. The van der Waals surface area contributed by atoms with Crippen molar-refractivity contribution in [1.82, 2.24) is 4.57 Å². The lowest BCUT2D eigenvalue weighted by Crippen LogP contribution is -2.04. The molecule has 0 amide bonds. The van der Waals surface area contributed by atoms with Crippen molar-refractivity contribution >= 4 is 6.21 Å². The van der Waals surface area contributed by atoms with Crippen LogP contribution in [0.25, 0.3) is 5.69 Å². The van der Waals surface area contributed by atoms with E-state index in [2.05, 4.69) is 40.2 Å². The standard InChI is InChI=1S/C13H12N2/c1-2-8-15(7-1)13-4-3-12-10-14-6-5-11(12)9-13/h1-4,7-10H,5-6H2. The van der Waals surface area contributed by atoms with Crippen molar-refractivity contribution in [2.45, 2.75) is 6.42 Å². The van der Waals surface area contributed by atoms with Crippen LogP contribution in [0, 0.1) is 0 Å². The van der Waals surface area contributed by atoms with Crippen LogP contribution < -0.4 is 0 Å². The molecule has 0 N–H and O–H groups in total. The fraction of sp³-hybridized carbons (Fsp3) is 0.154. The smallest absolute Gasteiger partial charge is 0.0452 e. The molecule has 1 aliphatic heterocycles. The second-order valence-corrected chi connectivity index (χ2v) is 3.76. The van der Waals surface area contributed by atoms with Crippen LogP contribution in [0.15, 0.2) is 47.7 Å². The van der Waals surface area contributed by atoms with Gasteiger partial charge in [-0.2, -0.15) is 0 Å². The Hall–Kier alpha value is -1.83. The Morgan fingerprint density at radius 3 is 2.87 bits per heavy atom. The molecule has 0 fully saturated rings. The first-order valence-electron chi connectivity index (χ1n) is 5.19. The summed E-state index contributed by atoms with van der Waals surface area (Å²) in [7, 11) is 0. The van der Waals surface area contributed by atoms with Crippen LogP contribution in [0.5, 0.6) is 0 Å². The largest absolute Gasteiger partial charge is 0.324 e. The molecule has 0 saturated heterocycles. The first kappa shape index (κ1) is 8.48. The third-order valence-electron chi connectivity index (χ3n) is 2.77.